The molecule has 208 valence electrons. The van der Waals surface area contributed by atoms with Crippen LogP contribution in [0.1, 0.15) is 56.3 Å². The van der Waals surface area contributed by atoms with Gasteiger partial charge < -0.3 is 25.7 Å². The van der Waals surface area contributed by atoms with E-state index in [2.05, 4.69) is 27.6 Å². The maximum atomic E-state index is 13.2. The standard InChI is InChI=1S/C29H40F3N5O/c1-37(15-12-20-10-13-34-14-11-20)19-21-6-8-23(9-7-21)35-18-22-16-24(27(38-2)17-25(22)33)26-4-3-5-28(36-26)29(30,31)32/h3-5,16-18,20-21,23,33-35H,6-15,19H2,1-2H3/b22-18-,33-25?. The highest BCUT2D eigenvalue weighted by atomic mass is 19.4. The normalized spacial score (nSPS) is 24.4. The number of piperidine rings is 1. The topological polar surface area (TPSA) is 73.3 Å². The predicted molar refractivity (Wildman–Crippen MR) is 145 cm³/mol. The Morgan fingerprint density at radius 1 is 1.11 bits per heavy atom. The molecule has 0 aromatic carbocycles. The number of halogens is 3. The van der Waals surface area contributed by atoms with Gasteiger partial charge in [0.1, 0.15) is 11.5 Å². The van der Waals surface area contributed by atoms with Crippen LogP contribution in [-0.2, 0) is 10.9 Å². The second-order valence-electron chi connectivity index (χ2n) is 10.8. The molecule has 38 heavy (non-hydrogen) atoms. The zero-order valence-corrected chi connectivity index (χ0v) is 22.4. The van der Waals surface area contributed by atoms with Crippen LogP contribution in [0.4, 0.5) is 13.2 Å². The maximum absolute atomic E-state index is 13.2. The van der Waals surface area contributed by atoms with Crippen LogP contribution in [0.3, 0.4) is 0 Å². The van der Waals surface area contributed by atoms with Gasteiger partial charge in [0, 0.05) is 36.0 Å². The number of hydrogen-bond donors (Lipinski definition) is 3. The molecule has 9 heteroatoms. The third-order valence-corrected chi connectivity index (χ3v) is 7.96. The van der Waals surface area contributed by atoms with Gasteiger partial charge in [-0.05, 0) is 102 Å². The van der Waals surface area contributed by atoms with E-state index in [1.165, 1.54) is 64.0 Å². The Kier molecular flexibility index (Phi) is 9.65. The molecule has 3 N–H and O–H groups in total. The number of ether oxygens (including phenoxy) is 1. The van der Waals surface area contributed by atoms with Crippen LogP contribution in [-0.4, -0.2) is 62.0 Å². The second-order valence-corrected chi connectivity index (χ2v) is 10.8. The summed E-state index contributed by atoms with van der Waals surface area (Å²) in [6.45, 7) is 4.63. The van der Waals surface area contributed by atoms with Gasteiger partial charge in [0.2, 0.25) is 0 Å². The van der Waals surface area contributed by atoms with Crippen molar-refractivity contribution in [1.82, 2.24) is 20.5 Å². The Balaban J connectivity index is 1.31. The molecule has 2 aliphatic carbocycles. The van der Waals surface area contributed by atoms with Gasteiger partial charge in [0.15, 0.2) is 0 Å². The van der Waals surface area contributed by atoms with E-state index in [4.69, 9.17) is 10.1 Å². The summed E-state index contributed by atoms with van der Waals surface area (Å²) >= 11 is 0. The highest BCUT2D eigenvalue weighted by molar-refractivity contribution is 6.13. The molecule has 3 aliphatic rings. The van der Waals surface area contributed by atoms with Crippen molar-refractivity contribution in [3.05, 3.63) is 59.3 Å². The molecule has 0 unspecified atom stereocenters. The van der Waals surface area contributed by atoms with Gasteiger partial charge in [-0.25, -0.2) is 4.98 Å². The van der Waals surface area contributed by atoms with Crippen LogP contribution >= 0.6 is 0 Å². The molecule has 1 saturated heterocycles. The van der Waals surface area contributed by atoms with E-state index >= 15 is 0 Å². The van der Waals surface area contributed by atoms with E-state index in [-0.39, 0.29) is 11.4 Å². The molecular weight excluding hydrogens is 491 g/mol. The summed E-state index contributed by atoms with van der Waals surface area (Å²) in [6.07, 6.45) is 8.84. The van der Waals surface area contributed by atoms with Crippen LogP contribution in [0, 0.1) is 17.2 Å². The number of hydrogen-bond acceptors (Lipinski definition) is 6. The zero-order valence-electron chi connectivity index (χ0n) is 22.4. The Labute approximate surface area is 223 Å². The average Bonchev–Trinajstić information content (AvgIpc) is 2.92. The van der Waals surface area contributed by atoms with E-state index in [9.17, 15) is 13.2 Å². The number of allylic oxidation sites excluding steroid dienone is 4. The summed E-state index contributed by atoms with van der Waals surface area (Å²) in [5.41, 5.74) is 0.480. The van der Waals surface area contributed by atoms with Crippen molar-refractivity contribution in [2.24, 2.45) is 11.8 Å². The molecule has 0 spiro atoms. The number of nitrogens with one attached hydrogen (secondary N) is 3. The first kappa shape index (κ1) is 28.4. The lowest BCUT2D eigenvalue weighted by molar-refractivity contribution is -0.141. The minimum absolute atomic E-state index is 0.163. The SMILES string of the molecule is COC1=CC(=N)/C(=C\NC2CCC(CN(C)CCC3CCNCC3)CC2)C=C1c1cccc(C(F)(F)F)n1. The first-order valence-electron chi connectivity index (χ1n) is 13.7. The Morgan fingerprint density at radius 2 is 1.84 bits per heavy atom. The quantitative estimate of drug-likeness (QED) is 0.398. The van der Waals surface area contributed by atoms with Crippen molar-refractivity contribution in [2.75, 3.05) is 40.3 Å². The molecule has 1 saturated carbocycles. The van der Waals surface area contributed by atoms with Crippen molar-refractivity contribution >= 4 is 11.3 Å². The number of pyridine rings is 1. The van der Waals surface area contributed by atoms with Gasteiger partial charge in [-0.3, -0.25) is 0 Å². The van der Waals surface area contributed by atoms with E-state index in [0.29, 0.717) is 28.9 Å². The summed E-state index contributed by atoms with van der Waals surface area (Å²) in [6, 6.07) is 4.14. The lowest BCUT2D eigenvalue weighted by Crippen LogP contribution is -2.35. The number of nitrogens with zero attached hydrogens (tertiary/aromatic N) is 2. The molecule has 0 bridgehead atoms. The van der Waals surface area contributed by atoms with Crippen molar-refractivity contribution in [3.8, 4) is 0 Å². The Hall–Kier alpha value is -2.65. The van der Waals surface area contributed by atoms with E-state index < -0.39 is 11.9 Å². The van der Waals surface area contributed by atoms with Gasteiger partial charge in [0.25, 0.3) is 0 Å². The Bertz CT molecular complexity index is 1050. The highest BCUT2D eigenvalue weighted by Gasteiger charge is 2.33. The van der Waals surface area contributed by atoms with Crippen molar-refractivity contribution < 1.29 is 17.9 Å². The summed E-state index contributed by atoms with van der Waals surface area (Å²) in [5.74, 6) is 1.89. The number of methoxy groups -OCH3 is 1. The van der Waals surface area contributed by atoms with Crippen LogP contribution in [0.25, 0.3) is 5.57 Å². The van der Waals surface area contributed by atoms with Gasteiger partial charge >= 0.3 is 6.18 Å². The van der Waals surface area contributed by atoms with Crippen molar-refractivity contribution in [1.29, 1.82) is 5.41 Å². The molecule has 0 amide bonds. The first-order chi connectivity index (χ1) is 18.2. The smallest absolute Gasteiger partial charge is 0.433 e. The molecule has 1 aromatic rings. The molecule has 1 aliphatic heterocycles. The number of rotatable bonds is 9. The highest BCUT2D eigenvalue weighted by Crippen LogP contribution is 2.33. The minimum Gasteiger partial charge on any atom is -0.496 e. The largest absolute Gasteiger partial charge is 0.496 e. The fraction of sp³-hybridized carbons (Fsp3) is 0.586. The predicted octanol–water partition coefficient (Wildman–Crippen LogP) is 5.40. The Morgan fingerprint density at radius 3 is 2.53 bits per heavy atom. The monoisotopic (exact) mass is 531 g/mol. The molecular formula is C29H40F3N5O. The summed E-state index contributed by atoms with van der Waals surface area (Å²) in [7, 11) is 3.69. The van der Waals surface area contributed by atoms with E-state index in [1.807, 2.05) is 6.20 Å². The molecule has 2 fully saturated rings. The molecule has 4 rings (SSSR count). The van der Waals surface area contributed by atoms with Crippen LogP contribution < -0.4 is 10.6 Å². The first-order valence-corrected chi connectivity index (χ1v) is 13.7. The van der Waals surface area contributed by atoms with E-state index in [1.54, 1.807) is 6.08 Å². The molecule has 0 radical (unpaired) electrons. The molecule has 0 atom stereocenters. The zero-order chi connectivity index (χ0) is 27.1. The molecule has 1 aromatic heterocycles. The summed E-state index contributed by atoms with van der Waals surface area (Å²) < 4.78 is 45.0. The minimum atomic E-state index is -4.53. The van der Waals surface area contributed by atoms with Crippen LogP contribution in [0.15, 0.2) is 47.9 Å². The fourth-order valence-corrected chi connectivity index (χ4v) is 5.65. The van der Waals surface area contributed by atoms with Gasteiger partial charge in [0.05, 0.1) is 18.5 Å². The van der Waals surface area contributed by atoms with Crippen molar-refractivity contribution in [3.63, 3.8) is 0 Å². The van der Waals surface area contributed by atoms with Gasteiger partial charge in [-0.2, -0.15) is 13.2 Å². The molecule has 6 nitrogen and oxygen atoms in total. The molecule has 2 heterocycles. The average molecular weight is 532 g/mol. The maximum Gasteiger partial charge on any atom is 0.433 e. The third-order valence-electron chi connectivity index (χ3n) is 7.96. The van der Waals surface area contributed by atoms with Gasteiger partial charge in [-0.15, -0.1) is 0 Å². The summed E-state index contributed by atoms with van der Waals surface area (Å²) in [5, 5.41) is 15.3. The van der Waals surface area contributed by atoms with Crippen molar-refractivity contribution in [2.45, 2.75) is 57.2 Å². The van der Waals surface area contributed by atoms with Crippen LogP contribution in [0.5, 0.6) is 0 Å². The fourth-order valence-electron chi connectivity index (χ4n) is 5.65. The second kappa shape index (κ2) is 12.9. The van der Waals surface area contributed by atoms with E-state index in [0.717, 1.165) is 44.5 Å². The third kappa shape index (κ3) is 7.69. The number of aromatic nitrogens is 1. The summed E-state index contributed by atoms with van der Waals surface area (Å²) in [4.78, 5) is 6.31. The lowest BCUT2D eigenvalue weighted by atomic mass is 9.85. The lowest BCUT2D eigenvalue weighted by Gasteiger charge is -2.32. The van der Waals surface area contributed by atoms with Crippen LogP contribution in [0.2, 0.25) is 0 Å². The number of alkyl halides is 3. The van der Waals surface area contributed by atoms with Gasteiger partial charge in [-0.1, -0.05) is 6.07 Å².